The summed E-state index contributed by atoms with van der Waals surface area (Å²) in [6.07, 6.45) is 1.67. The van der Waals surface area contributed by atoms with Gasteiger partial charge in [0.25, 0.3) is 0 Å². The number of amides is 4. The Balaban J connectivity index is 1.61. The third-order valence-corrected chi connectivity index (χ3v) is 7.02. The minimum absolute atomic E-state index is 0.0537. The standard InChI is InChI=1S/C30H39N5O5/c1-4-15-31-29(37)35-17-10-16-34(18-19-35)21-25-26(28(36)39-5-2)27(32-30(38)33(25)3)22-11-9-14-24(20-22)40-23-12-7-6-8-13-23/h6-9,11-14,20,27H,4-5,10,15-19,21H2,1-3H3,(H,31,37)(H,32,38)/t27-/m1/s1. The zero-order chi connectivity index (χ0) is 28.5. The summed E-state index contributed by atoms with van der Waals surface area (Å²) in [6, 6.07) is 15.7. The first-order chi connectivity index (χ1) is 19.4. The molecule has 0 aliphatic carbocycles. The van der Waals surface area contributed by atoms with E-state index in [1.807, 2.05) is 66.4 Å². The van der Waals surface area contributed by atoms with Gasteiger partial charge in [-0.2, -0.15) is 0 Å². The van der Waals surface area contributed by atoms with Gasteiger partial charge in [-0.1, -0.05) is 37.3 Å². The number of carbonyl (C=O) groups is 3. The van der Waals surface area contributed by atoms with Crippen molar-refractivity contribution in [1.82, 2.24) is 25.3 Å². The minimum Gasteiger partial charge on any atom is -0.463 e. The van der Waals surface area contributed by atoms with Crippen molar-refractivity contribution in [2.45, 2.75) is 32.7 Å². The van der Waals surface area contributed by atoms with E-state index in [0.717, 1.165) is 19.4 Å². The molecule has 1 atom stereocenters. The third kappa shape index (κ3) is 7.12. The maximum atomic E-state index is 13.4. The fourth-order valence-electron chi connectivity index (χ4n) is 4.92. The van der Waals surface area contributed by atoms with Crippen LogP contribution in [0.2, 0.25) is 0 Å². The maximum Gasteiger partial charge on any atom is 0.338 e. The summed E-state index contributed by atoms with van der Waals surface area (Å²) >= 11 is 0. The van der Waals surface area contributed by atoms with E-state index in [-0.39, 0.29) is 18.7 Å². The highest BCUT2D eigenvalue weighted by Gasteiger charge is 2.37. The Hall–Kier alpha value is -4.05. The summed E-state index contributed by atoms with van der Waals surface area (Å²) in [4.78, 5) is 44.6. The molecule has 1 fully saturated rings. The van der Waals surface area contributed by atoms with E-state index < -0.39 is 12.0 Å². The highest BCUT2D eigenvalue weighted by Crippen LogP contribution is 2.34. The minimum atomic E-state index is -0.708. The second-order valence-electron chi connectivity index (χ2n) is 9.86. The van der Waals surface area contributed by atoms with E-state index in [1.165, 1.54) is 4.90 Å². The largest absolute Gasteiger partial charge is 0.463 e. The topological polar surface area (TPSA) is 103 Å². The molecule has 0 saturated carbocycles. The van der Waals surface area contributed by atoms with Gasteiger partial charge in [0, 0.05) is 52.0 Å². The van der Waals surface area contributed by atoms with Crippen LogP contribution in [0, 0.1) is 0 Å². The molecular weight excluding hydrogens is 510 g/mol. The van der Waals surface area contributed by atoms with Crippen molar-refractivity contribution < 1.29 is 23.9 Å². The second-order valence-corrected chi connectivity index (χ2v) is 9.86. The Bertz CT molecular complexity index is 1220. The molecule has 0 unspecified atom stereocenters. The van der Waals surface area contributed by atoms with Gasteiger partial charge in [0.05, 0.1) is 18.2 Å². The van der Waals surface area contributed by atoms with Crippen molar-refractivity contribution in [1.29, 1.82) is 0 Å². The number of hydrogen-bond donors (Lipinski definition) is 2. The molecular formula is C30H39N5O5. The lowest BCUT2D eigenvalue weighted by atomic mass is 9.94. The van der Waals surface area contributed by atoms with Crippen LogP contribution in [0.5, 0.6) is 11.5 Å². The average molecular weight is 550 g/mol. The molecule has 0 spiro atoms. The van der Waals surface area contributed by atoms with Gasteiger partial charge in [0.2, 0.25) is 0 Å². The Kier molecular flexibility index (Phi) is 10.0. The van der Waals surface area contributed by atoms with Gasteiger partial charge in [-0.05, 0) is 49.6 Å². The summed E-state index contributed by atoms with van der Waals surface area (Å²) in [5.41, 5.74) is 1.69. The predicted molar refractivity (Wildman–Crippen MR) is 152 cm³/mol. The molecule has 2 aromatic rings. The Labute approximate surface area is 235 Å². The molecule has 40 heavy (non-hydrogen) atoms. The van der Waals surface area contributed by atoms with Crippen LogP contribution in [-0.4, -0.2) is 85.7 Å². The van der Waals surface area contributed by atoms with Crippen LogP contribution in [0.3, 0.4) is 0 Å². The lowest BCUT2D eigenvalue weighted by Gasteiger charge is -2.36. The van der Waals surface area contributed by atoms with E-state index in [4.69, 9.17) is 9.47 Å². The third-order valence-electron chi connectivity index (χ3n) is 7.02. The van der Waals surface area contributed by atoms with E-state index >= 15 is 0 Å². The normalized spacial score (nSPS) is 18.2. The number of carbonyl (C=O) groups excluding carboxylic acids is 3. The highest BCUT2D eigenvalue weighted by molar-refractivity contribution is 5.95. The summed E-state index contributed by atoms with van der Waals surface area (Å²) in [5, 5.41) is 5.92. The quantitative estimate of drug-likeness (QED) is 0.456. The smallest absolute Gasteiger partial charge is 0.338 e. The molecule has 1 saturated heterocycles. The van der Waals surface area contributed by atoms with E-state index in [2.05, 4.69) is 15.5 Å². The lowest BCUT2D eigenvalue weighted by Crippen LogP contribution is -2.49. The molecule has 4 amide bonds. The molecule has 0 aromatic heterocycles. The van der Waals surface area contributed by atoms with E-state index in [1.54, 1.807) is 14.0 Å². The Morgan fingerprint density at radius 1 is 1.00 bits per heavy atom. The number of esters is 1. The number of ether oxygens (including phenoxy) is 2. The SMILES string of the molecule is CCCNC(=O)N1CCCN(CC2=C(C(=O)OCC)[C@@H](c3cccc(Oc4ccccc4)c3)NC(=O)N2C)CC1. The van der Waals surface area contributed by atoms with Crippen LogP contribution in [0.1, 0.15) is 38.3 Å². The van der Waals surface area contributed by atoms with Crippen molar-refractivity contribution in [3.05, 3.63) is 71.4 Å². The van der Waals surface area contributed by atoms with Crippen molar-refractivity contribution in [3.63, 3.8) is 0 Å². The number of nitrogens with one attached hydrogen (secondary N) is 2. The molecule has 214 valence electrons. The lowest BCUT2D eigenvalue weighted by molar-refractivity contribution is -0.139. The summed E-state index contributed by atoms with van der Waals surface area (Å²) < 4.78 is 11.5. The molecule has 10 nitrogen and oxygen atoms in total. The molecule has 2 N–H and O–H groups in total. The Morgan fingerprint density at radius 2 is 1.77 bits per heavy atom. The summed E-state index contributed by atoms with van der Waals surface area (Å²) in [5.74, 6) is 0.808. The van der Waals surface area contributed by atoms with Crippen LogP contribution >= 0.6 is 0 Å². The van der Waals surface area contributed by atoms with Gasteiger partial charge in [0.1, 0.15) is 11.5 Å². The molecule has 2 aliphatic heterocycles. The zero-order valence-corrected chi connectivity index (χ0v) is 23.5. The van der Waals surface area contributed by atoms with E-state index in [0.29, 0.717) is 61.1 Å². The summed E-state index contributed by atoms with van der Waals surface area (Å²) in [7, 11) is 1.66. The number of benzene rings is 2. The average Bonchev–Trinajstić information content (AvgIpc) is 3.20. The predicted octanol–water partition coefficient (Wildman–Crippen LogP) is 4.12. The first-order valence-electron chi connectivity index (χ1n) is 13.9. The van der Waals surface area contributed by atoms with Gasteiger partial charge in [0.15, 0.2) is 0 Å². The molecule has 4 rings (SSSR count). The molecule has 10 heteroatoms. The number of rotatable bonds is 9. The van der Waals surface area contributed by atoms with Crippen molar-refractivity contribution in [2.75, 3.05) is 52.9 Å². The molecule has 2 aromatic carbocycles. The number of urea groups is 2. The first-order valence-corrected chi connectivity index (χ1v) is 13.9. The number of likely N-dealkylation sites (N-methyl/N-ethyl adjacent to an activating group) is 1. The van der Waals surface area contributed by atoms with Gasteiger partial charge >= 0.3 is 18.0 Å². The van der Waals surface area contributed by atoms with Gasteiger partial charge in [-0.3, -0.25) is 9.80 Å². The fourth-order valence-corrected chi connectivity index (χ4v) is 4.92. The van der Waals surface area contributed by atoms with Crippen LogP contribution in [0.15, 0.2) is 65.9 Å². The van der Waals surface area contributed by atoms with Crippen LogP contribution in [0.4, 0.5) is 9.59 Å². The van der Waals surface area contributed by atoms with Crippen molar-refractivity contribution >= 4 is 18.0 Å². The first kappa shape index (κ1) is 28.9. The van der Waals surface area contributed by atoms with Crippen molar-refractivity contribution in [3.8, 4) is 11.5 Å². The van der Waals surface area contributed by atoms with Gasteiger partial charge in [-0.25, -0.2) is 14.4 Å². The van der Waals surface area contributed by atoms with Crippen LogP contribution < -0.4 is 15.4 Å². The van der Waals surface area contributed by atoms with Crippen LogP contribution in [0.25, 0.3) is 0 Å². The Morgan fingerprint density at radius 3 is 2.52 bits per heavy atom. The zero-order valence-electron chi connectivity index (χ0n) is 23.5. The van der Waals surface area contributed by atoms with Gasteiger partial charge in [-0.15, -0.1) is 0 Å². The fraction of sp³-hybridized carbons (Fsp3) is 0.433. The second kappa shape index (κ2) is 13.8. The molecule has 0 bridgehead atoms. The maximum absolute atomic E-state index is 13.4. The van der Waals surface area contributed by atoms with Gasteiger partial charge < -0.3 is 25.0 Å². The number of nitrogens with zero attached hydrogens (tertiary/aromatic N) is 3. The number of para-hydroxylation sites is 1. The molecule has 2 aliphatic rings. The monoisotopic (exact) mass is 549 g/mol. The number of hydrogen-bond acceptors (Lipinski definition) is 6. The highest BCUT2D eigenvalue weighted by atomic mass is 16.5. The molecule has 0 radical (unpaired) electrons. The van der Waals surface area contributed by atoms with Crippen molar-refractivity contribution in [2.24, 2.45) is 0 Å². The van der Waals surface area contributed by atoms with E-state index in [9.17, 15) is 14.4 Å². The molecule has 2 heterocycles. The summed E-state index contributed by atoms with van der Waals surface area (Å²) in [6.45, 7) is 7.60. The van der Waals surface area contributed by atoms with Crippen LogP contribution in [-0.2, 0) is 9.53 Å².